The summed E-state index contributed by atoms with van der Waals surface area (Å²) >= 11 is 0. The second kappa shape index (κ2) is 6.89. The molecular weight excluding hydrogens is 338 g/mol. The summed E-state index contributed by atoms with van der Waals surface area (Å²) in [4.78, 5) is 29.7. The third kappa shape index (κ3) is 3.00. The monoisotopic (exact) mass is 355 g/mol. The fraction of sp³-hybridized carbons (Fsp3) is 0.143. The Morgan fingerprint density at radius 3 is 2.59 bits per heavy atom. The first kappa shape index (κ1) is 16.7. The zero-order valence-corrected chi connectivity index (χ0v) is 15.0. The van der Waals surface area contributed by atoms with E-state index in [2.05, 4.69) is 26.8 Å². The molecule has 1 amide bonds. The molecule has 4 rings (SSSR count). The Morgan fingerprint density at radius 2 is 1.81 bits per heavy atom. The fourth-order valence-electron chi connectivity index (χ4n) is 3.03. The molecule has 0 aromatic carbocycles. The van der Waals surface area contributed by atoms with Gasteiger partial charge in [-0.15, -0.1) is 0 Å². The molecule has 0 unspecified atom stereocenters. The molecule has 27 heavy (non-hydrogen) atoms. The minimum Gasteiger partial charge on any atom is -0.309 e. The van der Waals surface area contributed by atoms with Crippen LogP contribution in [0.4, 0.5) is 17.3 Å². The molecule has 4 heterocycles. The minimum atomic E-state index is -0.132. The Bertz CT molecular complexity index is 1070. The smallest absolute Gasteiger partial charge is 0.261 e. The molecule has 0 saturated heterocycles. The van der Waals surface area contributed by atoms with Crippen LogP contribution in [0.15, 0.2) is 55.1 Å². The Morgan fingerprint density at radius 1 is 1.00 bits per heavy atom. The van der Waals surface area contributed by atoms with Crippen molar-refractivity contribution >= 4 is 23.2 Å². The number of amides is 1. The molecule has 3 aromatic heterocycles. The second-order valence-electron chi connectivity index (χ2n) is 6.04. The summed E-state index contributed by atoms with van der Waals surface area (Å²) in [6, 6.07) is 9.22. The largest absolute Gasteiger partial charge is 0.309 e. The average Bonchev–Trinajstić information content (AvgIpc) is 2.81. The van der Waals surface area contributed by atoms with Gasteiger partial charge in [-0.25, -0.2) is 9.97 Å². The Hall–Kier alpha value is -3.72. The average molecular weight is 355 g/mol. The van der Waals surface area contributed by atoms with Crippen LogP contribution in [-0.2, 0) is 0 Å². The van der Waals surface area contributed by atoms with Crippen molar-refractivity contribution < 1.29 is 4.79 Å². The standard InChI is InChI=1S/C21H17N5O/c1-3-26-19-17(21(27)25(2)18-7-5-11-23-20(18)26)12-16(14-24-19)9-8-15-6-4-10-22-13-15/h4-7,10-14H,3H2,1-2H3. The highest BCUT2D eigenvalue weighted by Crippen LogP contribution is 2.37. The van der Waals surface area contributed by atoms with E-state index in [4.69, 9.17) is 0 Å². The molecule has 0 N–H and O–H groups in total. The Balaban J connectivity index is 1.82. The summed E-state index contributed by atoms with van der Waals surface area (Å²) in [5.41, 5.74) is 2.75. The lowest BCUT2D eigenvalue weighted by Gasteiger charge is -2.22. The number of carbonyl (C=O) groups is 1. The maximum Gasteiger partial charge on any atom is 0.261 e. The van der Waals surface area contributed by atoms with E-state index in [1.807, 2.05) is 36.1 Å². The van der Waals surface area contributed by atoms with Gasteiger partial charge in [0, 0.05) is 49.5 Å². The van der Waals surface area contributed by atoms with Gasteiger partial charge in [0.15, 0.2) is 5.82 Å². The molecule has 0 saturated carbocycles. The molecule has 1 aliphatic heterocycles. The van der Waals surface area contributed by atoms with Crippen LogP contribution in [0, 0.1) is 11.8 Å². The van der Waals surface area contributed by atoms with Crippen molar-refractivity contribution in [3.63, 3.8) is 0 Å². The molecule has 6 heteroatoms. The van der Waals surface area contributed by atoms with Crippen LogP contribution in [-0.4, -0.2) is 34.5 Å². The molecule has 0 aliphatic carbocycles. The van der Waals surface area contributed by atoms with E-state index in [0.717, 1.165) is 17.1 Å². The van der Waals surface area contributed by atoms with Crippen LogP contribution < -0.4 is 9.80 Å². The van der Waals surface area contributed by atoms with Crippen molar-refractivity contribution in [2.45, 2.75) is 6.92 Å². The lowest BCUT2D eigenvalue weighted by Crippen LogP contribution is -2.25. The third-order valence-electron chi connectivity index (χ3n) is 4.37. The van der Waals surface area contributed by atoms with Gasteiger partial charge in [0.1, 0.15) is 5.82 Å². The van der Waals surface area contributed by atoms with Gasteiger partial charge in [0.05, 0.1) is 11.3 Å². The van der Waals surface area contributed by atoms with Crippen LogP contribution >= 0.6 is 0 Å². The van der Waals surface area contributed by atoms with E-state index in [-0.39, 0.29) is 5.91 Å². The highest BCUT2D eigenvalue weighted by Gasteiger charge is 2.30. The number of rotatable bonds is 1. The zero-order chi connectivity index (χ0) is 18.8. The number of aromatic nitrogens is 3. The second-order valence-corrected chi connectivity index (χ2v) is 6.04. The number of fused-ring (bicyclic) bond motifs is 2. The normalized spacial score (nSPS) is 12.6. The lowest BCUT2D eigenvalue weighted by atomic mass is 10.1. The van der Waals surface area contributed by atoms with Crippen LogP contribution in [0.25, 0.3) is 0 Å². The predicted octanol–water partition coefficient (Wildman–Crippen LogP) is 3.02. The molecule has 0 spiro atoms. The molecule has 6 nitrogen and oxygen atoms in total. The molecule has 3 aromatic rings. The van der Waals surface area contributed by atoms with Crippen molar-refractivity contribution in [3.8, 4) is 11.8 Å². The van der Waals surface area contributed by atoms with E-state index < -0.39 is 0 Å². The number of nitrogens with zero attached hydrogens (tertiary/aromatic N) is 5. The van der Waals surface area contributed by atoms with Crippen molar-refractivity contribution in [1.29, 1.82) is 0 Å². The van der Waals surface area contributed by atoms with Crippen LogP contribution in [0.5, 0.6) is 0 Å². The van der Waals surface area contributed by atoms with Crippen LogP contribution in [0.3, 0.4) is 0 Å². The Labute approximate surface area is 157 Å². The van der Waals surface area contributed by atoms with Gasteiger partial charge in [-0.2, -0.15) is 0 Å². The van der Waals surface area contributed by atoms with Gasteiger partial charge in [-0.05, 0) is 37.3 Å². The fourth-order valence-corrected chi connectivity index (χ4v) is 3.03. The summed E-state index contributed by atoms with van der Waals surface area (Å²) in [5.74, 6) is 7.29. The summed E-state index contributed by atoms with van der Waals surface area (Å²) in [6.07, 6.45) is 6.81. The van der Waals surface area contributed by atoms with Crippen molar-refractivity contribution in [2.24, 2.45) is 0 Å². The zero-order valence-electron chi connectivity index (χ0n) is 15.0. The maximum atomic E-state index is 13.1. The molecular formula is C21H17N5O. The van der Waals surface area contributed by atoms with Crippen molar-refractivity contribution in [2.75, 3.05) is 23.4 Å². The van der Waals surface area contributed by atoms with E-state index in [1.165, 1.54) is 0 Å². The van der Waals surface area contributed by atoms with Gasteiger partial charge in [-0.3, -0.25) is 9.78 Å². The number of pyridine rings is 3. The number of hydrogen-bond donors (Lipinski definition) is 0. The molecule has 0 fully saturated rings. The molecule has 0 atom stereocenters. The molecule has 1 aliphatic rings. The van der Waals surface area contributed by atoms with Crippen LogP contribution in [0.1, 0.15) is 28.4 Å². The summed E-state index contributed by atoms with van der Waals surface area (Å²) < 4.78 is 0. The molecule has 132 valence electrons. The van der Waals surface area contributed by atoms with Crippen molar-refractivity contribution in [1.82, 2.24) is 15.0 Å². The highest BCUT2D eigenvalue weighted by molar-refractivity contribution is 6.12. The van der Waals surface area contributed by atoms with E-state index in [9.17, 15) is 4.79 Å². The van der Waals surface area contributed by atoms with Gasteiger partial charge >= 0.3 is 0 Å². The summed E-state index contributed by atoms with van der Waals surface area (Å²) in [5, 5.41) is 0. The summed E-state index contributed by atoms with van der Waals surface area (Å²) in [6.45, 7) is 2.65. The topological polar surface area (TPSA) is 62.2 Å². The van der Waals surface area contributed by atoms with Crippen LogP contribution in [0.2, 0.25) is 0 Å². The summed E-state index contributed by atoms with van der Waals surface area (Å²) in [7, 11) is 1.75. The highest BCUT2D eigenvalue weighted by atomic mass is 16.2. The van der Waals surface area contributed by atoms with Gasteiger partial charge in [0.2, 0.25) is 0 Å². The number of anilines is 3. The van der Waals surface area contributed by atoms with E-state index in [0.29, 0.717) is 23.5 Å². The first-order valence-electron chi connectivity index (χ1n) is 8.61. The van der Waals surface area contributed by atoms with Gasteiger partial charge in [-0.1, -0.05) is 11.8 Å². The number of carbonyl (C=O) groups excluding carboxylic acids is 1. The Kier molecular flexibility index (Phi) is 4.27. The quantitative estimate of drug-likeness (QED) is 0.628. The van der Waals surface area contributed by atoms with Gasteiger partial charge < -0.3 is 9.80 Å². The van der Waals surface area contributed by atoms with Crippen molar-refractivity contribution in [3.05, 3.63) is 71.8 Å². The molecule has 0 radical (unpaired) electrons. The van der Waals surface area contributed by atoms with Gasteiger partial charge in [0.25, 0.3) is 5.91 Å². The SMILES string of the molecule is CCN1c2ncc(C#Cc3cccnc3)cc2C(=O)N(C)c2cccnc21. The molecule has 0 bridgehead atoms. The number of hydrogen-bond acceptors (Lipinski definition) is 5. The minimum absolute atomic E-state index is 0.132. The maximum absolute atomic E-state index is 13.1. The first-order valence-corrected chi connectivity index (χ1v) is 8.61. The third-order valence-corrected chi connectivity index (χ3v) is 4.37. The first-order chi connectivity index (χ1) is 13.2. The predicted molar refractivity (Wildman–Crippen MR) is 104 cm³/mol. The lowest BCUT2D eigenvalue weighted by molar-refractivity contribution is 0.0994. The van der Waals surface area contributed by atoms with E-state index in [1.54, 1.807) is 42.8 Å². The van der Waals surface area contributed by atoms with E-state index >= 15 is 0 Å².